The Morgan fingerprint density at radius 3 is 2.14 bits per heavy atom. The second-order valence-electron chi connectivity index (χ2n) is 6.04. The Hall–Kier alpha value is -2.49. The molecule has 150 valence electrons. The molecule has 0 bridgehead atoms. The first-order chi connectivity index (χ1) is 12.9. The SMILES string of the molecule is O=C1Nc2ccc(Cl)cc2C(c2ccc(F)cc2)(C(F)(F)F)N1CC(F)(F)F. The van der Waals surface area contributed by atoms with Crippen LogP contribution in [-0.2, 0) is 5.54 Å². The number of carbonyl (C=O) groups is 1. The Labute approximate surface area is 158 Å². The van der Waals surface area contributed by atoms with Gasteiger partial charge in [0.2, 0.25) is 0 Å². The summed E-state index contributed by atoms with van der Waals surface area (Å²) in [5.41, 5.74) is -5.35. The minimum atomic E-state index is -5.40. The van der Waals surface area contributed by atoms with Crippen LogP contribution in [0.25, 0.3) is 0 Å². The summed E-state index contributed by atoms with van der Waals surface area (Å²) in [6.07, 6.45) is -10.5. The Bertz CT molecular complexity index is 911. The van der Waals surface area contributed by atoms with E-state index >= 15 is 0 Å². The summed E-state index contributed by atoms with van der Waals surface area (Å²) in [7, 11) is 0. The lowest BCUT2D eigenvalue weighted by atomic mass is 9.78. The van der Waals surface area contributed by atoms with Crippen LogP contribution in [0.4, 0.5) is 41.2 Å². The van der Waals surface area contributed by atoms with E-state index in [0.29, 0.717) is 24.3 Å². The molecule has 28 heavy (non-hydrogen) atoms. The molecule has 2 amide bonds. The van der Waals surface area contributed by atoms with Gasteiger partial charge in [-0.25, -0.2) is 9.18 Å². The van der Waals surface area contributed by atoms with Crippen LogP contribution in [0.2, 0.25) is 5.02 Å². The highest BCUT2D eigenvalue weighted by atomic mass is 35.5. The monoisotopic (exact) mass is 426 g/mol. The molecule has 2 aromatic carbocycles. The molecule has 1 aliphatic heterocycles. The van der Waals surface area contributed by atoms with E-state index in [-0.39, 0.29) is 15.6 Å². The Morgan fingerprint density at radius 2 is 1.61 bits per heavy atom. The lowest BCUT2D eigenvalue weighted by molar-refractivity contribution is -0.231. The molecule has 3 nitrogen and oxygen atoms in total. The number of hydrogen-bond donors (Lipinski definition) is 1. The van der Waals surface area contributed by atoms with Crippen molar-refractivity contribution in [1.29, 1.82) is 0 Å². The van der Waals surface area contributed by atoms with E-state index in [0.717, 1.165) is 12.1 Å². The van der Waals surface area contributed by atoms with Gasteiger partial charge in [-0.05, 0) is 35.9 Å². The number of hydrogen-bond acceptors (Lipinski definition) is 1. The first-order valence-electron chi connectivity index (χ1n) is 7.64. The van der Waals surface area contributed by atoms with Gasteiger partial charge >= 0.3 is 18.4 Å². The molecule has 0 saturated carbocycles. The summed E-state index contributed by atoms with van der Waals surface area (Å²) >= 11 is 5.80. The predicted octanol–water partition coefficient (Wildman–Crippen LogP) is 5.69. The number of urea groups is 1. The Morgan fingerprint density at radius 1 is 1.00 bits per heavy atom. The molecule has 1 heterocycles. The highest BCUT2D eigenvalue weighted by molar-refractivity contribution is 6.30. The molecule has 0 spiro atoms. The summed E-state index contributed by atoms with van der Waals surface area (Å²) in [6.45, 7) is -2.19. The third kappa shape index (κ3) is 3.25. The van der Waals surface area contributed by atoms with Crippen molar-refractivity contribution in [2.45, 2.75) is 17.9 Å². The van der Waals surface area contributed by atoms with Crippen molar-refractivity contribution >= 4 is 23.3 Å². The smallest absolute Gasteiger partial charge is 0.307 e. The minimum absolute atomic E-state index is 0.183. The van der Waals surface area contributed by atoms with Crippen LogP contribution >= 0.6 is 11.6 Å². The molecule has 2 aromatic rings. The number of rotatable bonds is 2. The van der Waals surface area contributed by atoms with Crippen LogP contribution in [0.15, 0.2) is 42.5 Å². The van der Waals surface area contributed by atoms with Gasteiger partial charge in [0.15, 0.2) is 5.54 Å². The van der Waals surface area contributed by atoms with E-state index in [1.807, 2.05) is 5.32 Å². The maximum absolute atomic E-state index is 14.5. The molecule has 11 heteroatoms. The third-order valence-corrected chi connectivity index (χ3v) is 4.51. The van der Waals surface area contributed by atoms with Gasteiger partial charge in [-0.1, -0.05) is 23.7 Å². The first-order valence-corrected chi connectivity index (χ1v) is 8.02. The van der Waals surface area contributed by atoms with Gasteiger partial charge in [0, 0.05) is 16.3 Å². The number of carbonyl (C=O) groups excluding carboxylic acids is 1. The van der Waals surface area contributed by atoms with Gasteiger partial charge in [-0.2, -0.15) is 26.3 Å². The predicted molar refractivity (Wildman–Crippen MR) is 86.5 cm³/mol. The number of halogens is 8. The average Bonchev–Trinajstić information content (AvgIpc) is 2.55. The van der Waals surface area contributed by atoms with Crippen molar-refractivity contribution in [2.75, 3.05) is 11.9 Å². The molecule has 0 saturated heterocycles. The zero-order valence-electron chi connectivity index (χ0n) is 13.6. The van der Waals surface area contributed by atoms with Crippen molar-refractivity contribution in [2.24, 2.45) is 0 Å². The molecule has 0 fully saturated rings. The highest BCUT2D eigenvalue weighted by Crippen LogP contribution is 2.54. The molecule has 3 rings (SSSR count). The van der Waals surface area contributed by atoms with Crippen LogP contribution in [0.3, 0.4) is 0 Å². The van der Waals surface area contributed by atoms with Crippen LogP contribution < -0.4 is 5.32 Å². The number of nitrogens with one attached hydrogen (secondary N) is 1. The molecular formula is C17H10ClF7N2O. The van der Waals surface area contributed by atoms with Gasteiger partial charge in [0.05, 0.1) is 0 Å². The number of nitrogens with zero attached hydrogens (tertiary/aromatic N) is 1. The largest absolute Gasteiger partial charge is 0.420 e. The van der Waals surface area contributed by atoms with E-state index in [1.54, 1.807) is 0 Å². The van der Waals surface area contributed by atoms with Crippen molar-refractivity contribution in [3.63, 3.8) is 0 Å². The molecule has 1 N–H and O–H groups in total. The van der Waals surface area contributed by atoms with Gasteiger partial charge in [0.1, 0.15) is 12.4 Å². The normalized spacial score (nSPS) is 20.0. The molecule has 0 aromatic heterocycles. The number of alkyl halides is 6. The summed E-state index contributed by atoms with van der Waals surface area (Å²) in [5, 5.41) is 1.84. The van der Waals surface area contributed by atoms with Crippen molar-refractivity contribution < 1.29 is 35.5 Å². The van der Waals surface area contributed by atoms with Crippen LogP contribution in [0.1, 0.15) is 11.1 Å². The molecule has 0 aliphatic carbocycles. The van der Waals surface area contributed by atoms with Crippen LogP contribution in [0.5, 0.6) is 0 Å². The topological polar surface area (TPSA) is 32.3 Å². The maximum atomic E-state index is 14.5. The third-order valence-electron chi connectivity index (χ3n) is 4.27. The molecular weight excluding hydrogens is 417 g/mol. The van der Waals surface area contributed by atoms with Gasteiger partial charge in [0.25, 0.3) is 0 Å². The average molecular weight is 427 g/mol. The fourth-order valence-electron chi connectivity index (χ4n) is 3.25. The van der Waals surface area contributed by atoms with E-state index in [1.165, 1.54) is 6.07 Å². The number of benzene rings is 2. The molecule has 1 aliphatic rings. The second-order valence-corrected chi connectivity index (χ2v) is 6.47. The van der Waals surface area contributed by atoms with Crippen molar-refractivity contribution in [1.82, 2.24) is 4.90 Å². The van der Waals surface area contributed by atoms with Crippen molar-refractivity contribution in [3.05, 3.63) is 64.4 Å². The minimum Gasteiger partial charge on any atom is -0.307 e. The first kappa shape index (κ1) is 20.2. The van der Waals surface area contributed by atoms with Gasteiger partial charge in [-0.15, -0.1) is 0 Å². The number of amides is 2. The lowest BCUT2D eigenvalue weighted by Gasteiger charge is -2.49. The van der Waals surface area contributed by atoms with E-state index in [2.05, 4.69) is 0 Å². The molecule has 1 unspecified atom stereocenters. The van der Waals surface area contributed by atoms with E-state index in [4.69, 9.17) is 11.6 Å². The zero-order chi connectivity index (χ0) is 20.9. The molecule has 0 radical (unpaired) electrons. The fourth-order valence-corrected chi connectivity index (χ4v) is 3.42. The summed E-state index contributed by atoms with van der Waals surface area (Å²) in [4.78, 5) is 12.0. The second kappa shape index (κ2) is 6.54. The zero-order valence-corrected chi connectivity index (χ0v) is 14.4. The number of fused-ring (bicyclic) bond motifs is 1. The van der Waals surface area contributed by atoms with Gasteiger partial charge < -0.3 is 5.32 Å². The van der Waals surface area contributed by atoms with Gasteiger partial charge in [-0.3, -0.25) is 4.90 Å². The van der Waals surface area contributed by atoms with Crippen molar-refractivity contribution in [3.8, 4) is 0 Å². The summed E-state index contributed by atoms with van der Waals surface area (Å²) in [6, 6.07) is 4.20. The maximum Gasteiger partial charge on any atom is 0.420 e. The van der Waals surface area contributed by atoms with Crippen LogP contribution in [0, 0.1) is 5.82 Å². The highest BCUT2D eigenvalue weighted by Gasteiger charge is 2.66. The number of anilines is 1. The Balaban J connectivity index is 2.42. The van der Waals surface area contributed by atoms with E-state index < -0.39 is 47.4 Å². The Kier molecular flexibility index (Phi) is 4.73. The lowest BCUT2D eigenvalue weighted by Crippen LogP contribution is -2.64. The summed E-state index contributed by atoms with van der Waals surface area (Å²) in [5.74, 6) is -0.893. The van der Waals surface area contributed by atoms with Crippen LogP contribution in [-0.4, -0.2) is 29.8 Å². The standard InChI is InChI=1S/C17H10ClF7N2O/c18-10-3-6-13-12(7-10)16(17(23,24)25,9-1-4-11(19)5-2-9)27(14(28)26-13)8-15(20,21)22/h1-7H,8H2,(H,26,28). The molecule has 1 atom stereocenters. The quantitative estimate of drug-likeness (QED) is 0.614. The summed E-state index contributed by atoms with van der Waals surface area (Å²) < 4.78 is 96.0. The fraction of sp³-hybridized carbons (Fsp3) is 0.235. The van der Waals surface area contributed by atoms with E-state index in [9.17, 15) is 35.5 Å².